The van der Waals surface area contributed by atoms with Crippen LogP contribution in [0.15, 0.2) is 12.5 Å². The zero-order chi connectivity index (χ0) is 19.8. The SMILES string of the molecule is CCOC(=O)C#Cc1cn(C2OC(CO)[C@@H](O)[C@]2(C)O)c2ncnc(N)c12. The van der Waals surface area contributed by atoms with Crippen LogP contribution in [0.25, 0.3) is 11.0 Å². The molecule has 1 saturated heterocycles. The molecule has 0 radical (unpaired) electrons. The summed E-state index contributed by atoms with van der Waals surface area (Å²) < 4.78 is 11.8. The number of nitrogens with zero attached hydrogens (tertiary/aromatic N) is 3. The van der Waals surface area contributed by atoms with Crippen molar-refractivity contribution in [2.24, 2.45) is 0 Å². The molecule has 2 aromatic rings. The number of nitrogens with two attached hydrogens (primary N) is 1. The van der Waals surface area contributed by atoms with Crippen LogP contribution in [-0.2, 0) is 14.3 Å². The van der Waals surface area contributed by atoms with E-state index in [1.807, 2.05) is 0 Å². The number of rotatable bonds is 3. The van der Waals surface area contributed by atoms with Crippen molar-refractivity contribution in [1.82, 2.24) is 14.5 Å². The van der Waals surface area contributed by atoms with Gasteiger partial charge < -0.3 is 35.1 Å². The number of carbonyl (C=O) groups excluding carboxylic acids is 1. The molecule has 0 aromatic carbocycles. The highest BCUT2D eigenvalue weighted by molar-refractivity contribution is 5.95. The second-order valence-corrected chi connectivity index (χ2v) is 6.26. The number of hydrogen-bond donors (Lipinski definition) is 4. The minimum absolute atomic E-state index is 0.129. The predicted molar refractivity (Wildman–Crippen MR) is 93.1 cm³/mol. The van der Waals surface area contributed by atoms with Gasteiger partial charge >= 0.3 is 5.97 Å². The fourth-order valence-corrected chi connectivity index (χ4v) is 3.06. The summed E-state index contributed by atoms with van der Waals surface area (Å²) in [6.07, 6.45) is -0.637. The normalized spacial score (nSPS) is 27.4. The van der Waals surface area contributed by atoms with Crippen molar-refractivity contribution in [2.45, 2.75) is 37.9 Å². The van der Waals surface area contributed by atoms with Crippen molar-refractivity contribution in [3.05, 3.63) is 18.1 Å². The summed E-state index contributed by atoms with van der Waals surface area (Å²) in [6.45, 7) is 2.78. The van der Waals surface area contributed by atoms with E-state index < -0.39 is 36.6 Å². The molecule has 4 atom stereocenters. The van der Waals surface area contributed by atoms with Crippen molar-refractivity contribution in [2.75, 3.05) is 18.9 Å². The van der Waals surface area contributed by atoms with Crippen LogP contribution in [0.3, 0.4) is 0 Å². The van der Waals surface area contributed by atoms with Crippen LogP contribution in [0, 0.1) is 11.8 Å². The highest BCUT2D eigenvalue weighted by atomic mass is 16.6. The molecule has 0 spiro atoms. The Kier molecular flexibility index (Phi) is 5.03. The number of hydrogen-bond acceptors (Lipinski definition) is 9. The van der Waals surface area contributed by atoms with E-state index in [9.17, 15) is 20.1 Å². The van der Waals surface area contributed by atoms with E-state index in [1.165, 1.54) is 24.0 Å². The topological polar surface area (TPSA) is 153 Å². The molecule has 27 heavy (non-hydrogen) atoms. The van der Waals surface area contributed by atoms with Gasteiger partial charge in [0.1, 0.15) is 35.6 Å². The fraction of sp³-hybridized carbons (Fsp3) is 0.471. The Labute approximate surface area is 154 Å². The lowest BCUT2D eigenvalue weighted by molar-refractivity contribution is -0.136. The molecule has 1 fully saturated rings. The van der Waals surface area contributed by atoms with Gasteiger partial charge in [-0.1, -0.05) is 5.92 Å². The number of esters is 1. The van der Waals surface area contributed by atoms with Crippen LogP contribution in [-0.4, -0.2) is 66.8 Å². The van der Waals surface area contributed by atoms with Gasteiger partial charge in [-0.25, -0.2) is 14.8 Å². The lowest BCUT2D eigenvalue weighted by atomic mass is 9.96. The molecule has 10 heteroatoms. The molecule has 3 heterocycles. The number of nitrogen functional groups attached to an aromatic ring is 1. The zero-order valence-electron chi connectivity index (χ0n) is 14.8. The number of carbonyl (C=O) groups is 1. The van der Waals surface area contributed by atoms with Gasteiger partial charge in [0.05, 0.1) is 24.2 Å². The number of ether oxygens (including phenoxy) is 2. The standard InChI is InChI=1S/C17H20N4O6/c1-3-26-11(23)5-4-9-6-21(15-12(9)14(18)19-8-20-15)16-17(2,25)13(24)10(7-22)27-16/h6,8,10,13,16,22,24-25H,3,7H2,1-2H3,(H2,18,19,20)/t10?,13-,16?,17+/m1/s1. The van der Waals surface area contributed by atoms with Crippen LogP contribution in [0.2, 0.25) is 0 Å². The monoisotopic (exact) mass is 376 g/mol. The maximum absolute atomic E-state index is 11.5. The Hall–Kier alpha value is -2.71. The largest absolute Gasteiger partial charge is 0.456 e. The maximum Gasteiger partial charge on any atom is 0.384 e. The first-order valence-electron chi connectivity index (χ1n) is 8.27. The quantitative estimate of drug-likeness (QED) is 0.387. The van der Waals surface area contributed by atoms with Gasteiger partial charge in [0, 0.05) is 12.1 Å². The van der Waals surface area contributed by atoms with Crippen molar-refractivity contribution in [1.29, 1.82) is 0 Å². The van der Waals surface area contributed by atoms with Crippen molar-refractivity contribution in [3.8, 4) is 11.8 Å². The van der Waals surface area contributed by atoms with E-state index in [2.05, 4.69) is 21.8 Å². The highest BCUT2D eigenvalue weighted by Gasteiger charge is 2.53. The summed E-state index contributed by atoms with van der Waals surface area (Å²) >= 11 is 0. The van der Waals surface area contributed by atoms with E-state index in [4.69, 9.17) is 15.2 Å². The molecule has 3 rings (SSSR count). The molecule has 0 aliphatic carbocycles. The number of aliphatic hydroxyl groups excluding tert-OH is 2. The lowest BCUT2D eigenvalue weighted by Crippen LogP contribution is -2.44. The van der Waals surface area contributed by atoms with Gasteiger partial charge in [0.2, 0.25) is 0 Å². The van der Waals surface area contributed by atoms with Crippen molar-refractivity contribution in [3.63, 3.8) is 0 Å². The van der Waals surface area contributed by atoms with Crippen LogP contribution >= 0.6 is 0 Å². The summed E-state index contributed by atoms with van der Waals surface area (Å²) in [5.41, 5.74) is 4.85. The van der Waals surface area contributed by atoms with E-state index in [-0.39, 0.29) is 12.4 Å². The number of anilines is 1. The zero-order valence-corrected chi connectivity index (χ0v) is 14.8. The maximum atomic E-state index is 11.5. The minimum Gasteiger partial charge on any atom is -0.456 e. The van der Waals surface area contributed by atoms with Gasteiger partial charge in [-0.15, -0.1) is 0 Å². The second-order valence-electron chi connectivity index (χ2n) is 6.26. The summed E-state index contributed by atoms with van der Waals surface area (Å²) in [7, 11) is 0. The van der Waals surface area contributed by atoms with Gasteiger partial charge in [-0.2, -0.15) is 0 Å². The van der Waals surface area contributed by atoms with Crippen LogP contribution < -0.4 is 5.73 Å². The molecule has 10 nitrogen and oxygen atoms in total. The highest BCUT2D eigenvalue weighted by Crippen LogP contribution is 2.40. The van der Waals surface area contributed by atoms with E-state index in [1.54, 1.807) is 6.92 Å². The smallest absolute Gasteiger partial charge is 0.384 e. The Morgan fingerprint density at radius 2 is 2.26 bits per heavy atom. The molecule has 0 saturated carbocycles. The van der Waals surface area contributed by atoms with E-state index in [0.717, 1.165) is 0 Å². The fourth-order valence-electron chi connectivity index (χ4n) is 3.06. The summed E-state index contributed by atoms with van der Waals surface area (Å²) in [5.74, 6) is 4.44. The van der Waals surface area contributed by atoms with E-state index >= 15 is 0 Å². The lowest BCUT2D eigenvalue weighted by Gasteiger charge is -2.27. The Balaban J connectivity index is 2.13. The minimum atomic E-state index is -1.72. The average Bonchev–Trinajstić information content (AvgIpc) is 3.10. The molecule has 1 aliphatic heterocycles. The number of aliphatic hydroxyl groups is 3. The molecule has 2 aromatic heterocycles. The molecule has 2 unspecified atom stereocenters. The van der Waals surface area contributed by atoms with Gasteiger partial charge in [0.15, 0.2) is 6.23 Å². The Bertz CT molecular complexity index is 929. The second kappa shape index (κ2) is 7.13. The van der Waals surface area contributed by atoms with Crippen molar-refractivity contribution < 1.29 is 29.6 Å². The van der Waals surface area contributed by atoms with Gasteiger partial charge in [0.25, 0.3) is 0 Å². The molecule has 1 aliphatic rings. The van der Waals surface area contributed by atoms with Crippen LogP contribution in [0.5, 0.6) is 0 Å². The number of aromatic nitrogens is 3. The van der Waals surface area contributed by atoms with Crippen molar-refractivity contribution >= 4 is 22.8 Å². The van der Waals surface area contributed by atoms with E-state index in [0.29, 0.717) is 16.6 Å². The molecular weight excluding hydrogens is 356 g/mol. The first-order valence-corrected chi connectivity index (χ1v) is 8.27. The Morgan fingerprint density at radius 3 is 2.89 bits per heavy atom. The number of fused-ring (bicyclic) bond motifs is 1. The van der Waals surface area contributed by atoms with Crippen LogP contribution in [0.4, 0.5) is 5.82 Å². The van der Waals surface area contributed by atoms with Crippen LogP contribution in [0.1, 0.15) is 25.6 Å². The molecule has 0 amide bonds. The molecule has 0 bridgehead atoms. The predicted octanol–water partition coefficient (Wildman–Crippen LogP) is -1.07. The third kappa shape index (κ3) is 3.22. The molecule has 5 N–H and O–H groups in total. The molecule has 144 valence electrons. The summed E-state index contributed by atoms with van der Waals surface area (Å²) in [6, 6.07) is 0. The third-order valence-electron chi connectivity index (χ3n) is 4.40. The third-order valence-corrected chi connectivity index (χ3v) is 4.40. The van der Waals surface area contributed by atoms with Gasteiger partial charge in [-0.05, 0) is 13.8 Å². The summed E-state index contributed by atoms with van der Waals surface area (Å²) in [5, 5.41) is 30.7. The first-order chi connectivity index (χ1) is 12.8. The van der Waals surface area contributed by atoms with Gasteiger partial charge in [-0.3, -0.25) is 0 Å². The average molecular weight is 376 g/mol. The Morgan fingerprint density at radius 1 is 1.52 bits per heavy atom. The molecular formula is C17H20N4O6. The summed E-state index contributed by atoms with van der Waals surface area (Å²) in [4.78, 5) is 19.6. The first kappa shape index (κ1) is 19.1.